The average molecular weight is 719 g/mol. The van der Waals surface area contributed by atoms with Crippen molar-refractivity contribution >= 4 is 88.8 Å². The van der Waals surface area contributed by atoms with Gasteiger partial charge in [-0.05, 0) is 89.3 Å². The highest BCUT2D eigenvalue weighted by atomic mass is 16.3. The summed E-state index contributed by atoms with van der Waals surface area (Å²) in [6, 6.07) is 72.6. The van der Waals surface area contributed by atoms with Crippen LogP contribution < -0.4 is 9.80 Å². The van der Waals surface area contributed by atoms with E-state index in [9.17, 15) is 0 Å². The van der Waals surface area contributed by atoms with Gasteiger partial charge in [-0.25, -0.2) is 0 Å². The van der Waals surface area contributed by atoms with Gasteiger partial charge in [0, 0.05) is 55.7 Å². The van der Waals surface area contributed by atoms with E-state index in [-0.39, 0.29) is 0 Å². The third kappa shape index (κ3) is 5.23. The number of para-hydroxylation sites is 5. The second-order valence-electron chi connectivity index (χ2n) is 14.1. The van der Waals surface area contributed by atoms with E-state index < -0.39 is 0 Å². The maximum absolute atomic E-state index is 6.53. The Balaban J connectivity index is 1.03. The monoisotopic (exact) mass is 718 g/mol. The molecule has 4 heteroatoms. The molecular weight excluding hydrogens is 685 g/mol. The van der Waals surface area contributed by atoms with E-state index in [1.165, 1.54) is 10.9 Å². The van der Waals surface area contributed by atoms with Crippen LogP contribution in [-0.2, 0) is 0 Å². The molecular formula is C52H34N2O2. The van der Waals surface area contributed by atoms with E-state index in [4.69, 9.17) is 8.83 Å². The van der Waals surface area contributed by atoms with E-state index in [1.54, 1.807) is 0 Å². The first kappa shape index (κ1) is 31.9. The molecule has 0 aliphatic carbocycles. The van der Waals surface area contributed by atoms with Crippen LogP contribution in [0.4, 0.5) is 34.1 Å². The summed E-state index contributed by atoms with van der Waals surface area (Å²) in [5.74, 6) is 0. The molecule has 4 nitrogen and oxygen atoms in total. The summed E-state index contributed by atoms with van der Waals surface area (Å²) in [5.41, 5.74) is 12.1. The first-order chi connectivity index (χ1) is 27.8. The van der Waals surface area contributed by atoms with Gasteiger partial charge in [0.15, 0.2) is 5.58 Å². The van der Waals surface area contributed by atoms with Gasteiger partial charge in [0.05, 0.1) is 11.4 Å². The lowest BCUT2D eigenvalue weighted by Gasteiger charge is -2.27. The van der Waals surface area contributed by atoms with Crippen LogP contribution in [-0.4, -0.2) is 0 Å². The number of nitrogens with zero attached hydrogens (tertiary/aromatic N) is 2. The van der Waals surface area contributed by atoms with Crippen molar-refractivity contribution in [1.82, 2.24) is 0 Å². The van der Waals surface area contributed by atoms with Crippen molar-refractivity contribution in [2.45, 2.75) is 0 Å². The van der Waals surface area contributed by atoms with Crippen molar-refractivity contribution in [3.8, 4) is 11.1 Å². The lowest BCUT2D eigenvalue weighted by atomic mass is 9.96. The maximum Gasteiger partial charge on any atom is 0.159 e. The van der Waals surface area contributed by atoms with Crippen LogP contribution in [0, 0.1) is 0 Å². The number of anilines is 6. The second-order valence-corrected chi connectivity index (χ2v) is 14.1. The molecule has 0 atom stereocenters. The minimum absolute atomic E-state index is 0.866. The second kappa shape index (κ2) is 13.1. The Morgan fingerprint density at radius 1 is 0.286 bits per heavy atom. The predicted octanol–water partition coefficient (Wildman–Crippen LogP) is 15.2. The molecule has 0 bridgehead atoms. The molecule has 0 radical (unpaired) electrons. The summed E-state index contributed by atoms with van der Waals surface area (Å²) in [6.07, 6.45) is 0. The SMILES string of the molecule is c1ccc(N(c2ccc3c(c2)oc2ccccc23)c2ccc(-c3ccc(N(c4ccccc4)c4cccc5c4oc4ccccc45)cc3)c3ccccc23)cc1. The fourth-order valence-electron chi connectivity index (χ4n) is 8.29. The molecule has 264 valence electrons. The Labute approximate surface area is 323 Å². The van der Waals surface area contributed by atoms with Crippen LogP contribution in [0.2, 0.25) is 0 Å². The molecule has 2 heterocycles. The van der Waals surface area contributed by atoms with Gasteiger partial charge in [0.1, 0.15) is 16.7 Å². The number of hydrogen-bond acceptors (Lipinski definition) is 4. The van der Waals surface area contributed by atoms with Gasteiger partial charge in [-0.15, -0.1) is 0 Å². The normalized spacial score (nSPS) is 11.6. The standard InChI is InChI=1S/C52H34N2O2/c1-3-14-36(15-4-1)53(48-23-13-22-46-44-21-10-12-25-50(44)56-52(46)48)38-28-26-35(27-29-38)40-32-33-47(42-19-8-7-18-41(40)42)54(37-16-5-2-6-17-37)39-30-31-45-43-20-9-11-24-49(43)55-51(45)34-39/h1-34H. The van der Waals surface area contributed by atoms with Gasteiger partial charge >= 0.3 is 0 Å². The van der Waals surface area contributed by atoms with E-state index in [0.29, 0.717) is 0 Å². The molecule has 9 aromatic carbocycles. The molecule has 0 N–H and O–H groups in total. The number of rotatable bonds is 7. The average Bonchev–Trinajstić information content (AvgIpc) is 3.84. The smallest absolute Gasteiger partial charge is 0.159 e. The van der Waals surface area contributed by atoms with Gasteiger partial charge in [0.2, 0.25) is 0 Å². The molecule has 0 fully saturated rings. The van der Waals surface area contributed by atoms with Crippen LogP contribution in [0.15, 0.2) is 215 Å². The Morgan fingerprint density at radius 3 is 1.52 bits per heavy atom. The summed E-state index contributed by atoms with van der Waals surface area (Å²) < 4.78 is 12.9. The molecule has 0 unspecified atom stereocenters. The van der Waals surface area contributed by atoms with E-state index in [0.717, 1.165) is 89.0 Å². The fourth-order valence-corrected chi connectivity index (χ4v) is 8.29. The molecule has 0 aliphatic rings. The Bertz CT molecular complexity index is 3200. The fraction of sp³-hybridized carbons (Fsp3) is 0. The van der Waals surface area contributed by atoms with Crippen molar-refractivity contribution < 1.29 is 8.83 Å². The van der Waals surface area contributed by atoms with Crippen LogP contribution >= 0.6 is 0 Å². The topological polar surface area (TPSA) is 32.8 Å². The highest BCUT2D eigenvalue weighted by molar-refractivity contribution is 6.11. The van der Waals surface area contributed by atoms with Crippen molar-refractivity contribution in [2.24, 2.45) is 0 Å². The minimum Gasteiger partial charge on any atom is -0.456 e. The summed E-state index contributed by atoms with van der Waals surface area (Å²) >= 11 is 0. The molecule has 11 rings (SSSR count). The lowest BCUT2D eigenvalue weighted by molar-refractivity contribution is 0.668. The number of fused-ring (bicyclic) bond motifs is 7. The van der Waals surface area contributed by atoms with Crippen molar-refractivity contribution in [1.29, 1.82) is 0 Å². The maximum atomic E-state index is 6.53. The zero-order chi connectivity index (χ0) is 37.0. The van der Waals surface area contributed by atoms with E-state index in [1.807, 2.05) is 24.3 Å². The predicted molar refractivity (Wildman–Crippen MR) is 233 cm³/mol. The summed E-state index contributed by atoms with van der Waals surface area (Å²) in [5, 5.41) is 6.79. The number of hydrogen-bond donors (Lipinski definition) is 0. The summed E-state index contributed by atoms with van der Waals surface area (Å²) in [7, 11) is 0. The van der Waals surface area contributed by atoms with Gasteiger partial charge in [-0.3, -0.25) is 0 Å². The molecule has 0 aliphatic heterocycles. The van der Waals surface area contributed by atoms with Gasteiger partial charge in [-0.1, -0.05) is 127 Å². The first-order valence-electron chi connectivity index (χ1n) is 18.9. The Morgan fingerprint density at radius 2 is 0.804 bits per heavy atom. The molecule has 0 saturated carbocycles. The van der Waals surface area contributed by atoms with Gasteiger partial charge in [-0.2, -0.15) is 0 Å². The van der Waals surface area contributed by atoms with Crippen LogP contribution in [0.5, 0.6) is 0 Å². The summed E-state index contributed by atoms with van der Waals surface area (Å²) in [6.45, 7) is 0. The highest BCUT2D eigenvalue weighted by Crippen LogP contribution is 2.45. The third-order valence-electron chi connectivity index (χ3n) is 10.9. The molecule has 56 heavy (non-hydrogen) atoms. The molecule has 11 aromatic rings. The van der Waals surface area contributed by atoms with Crippen molar-refractivity contribution in [2.75, 3.05) is 9.80 Å². The molecule has 2 aromatic heterocycles. The minimum atomic E-state index is 0.866. The third-order valence-corrected chi connectivity index (χ3v) is 10.9. The Kier molecular flexibility index (Phi) is 7.46. The number of benzene rings is 9. The summed E-state index contributed by atoms with van der Waals surface area (Å²) in [4.78, 5) is 4.62. The zero-order valence-electron chi connectivity index (χ0n) is 30.3. The van der Waals surface area contributed by atoms with Gasteiger partial charge < -0.3 is 18.6 Å². The first-order valence-corrected chi connectivity index (χ1v) is 18.9. The van der Waals surface area contributed by atoms with E-state index >= 15 is 0 Å². The van der Waals surface area contributed by atoms with Crippen LogP contribution in [0.3, 0.4) is 0 Å². The number of furan rings is 2. The largest absolute Gasteiger partial charge is 0.456 e. The van der Waals surface area contributed by atoms with Crippen LogP contribution in [0.25, 0.3) is 65.8 Å². The van der Waals surface area contributed by atoms with Crippen LogP contribution in [0.1, 0.15) is 0 Å². The quantitative estimate of drug-likeness (QED) is 0.164. The zero-order valence-corrected chi connectivity index (χ0v) is 30.3. The molecule has 0 spiro atoms. The Hall–Kier alpha value is -7.56. The van der Waals surface area contributed by atoms with E-state index in [2.05, 4.69) is 192 Å². The van der Waals surface area contributed by atoms with Gasteiger partial charge in [0.25, 0.3) is 0 Å². The highest BCUT2D eigenvalue weighted by Gasteiger charge is 2.21. The molecule has 0 saturated heterocycles. The molecule has 0 amide bonds. The van der Waals surface area contributed by atoms with Crippen molar-refractivity contribution in [3.05, 3.63) is 206 Å². The van der Waals surface area contributed by atoms with Crippen molar-refractivity contribution in [3.63, 3.8) is 0 Å². The lowest BCUT2D eigenvalue weighted by Crippen LogP contribution is -2.10.